The molecule has 0 unspecified atom stereocenters. The molecule has 0 atom stereocenters. The maximum absolute atomic E-state index is 4.93. The molecule has 1 aromatic carbocycles. The van der Waals surface area contributed by atoms with Gasteiger partial charge in [0.2, 0.25) is 0 Å². The van der Waals surface area contributed by atoms with E-state index in [9.17, 15) is 0 Å². The van der Waals surface area contributed by atoms with E-state index < -0.39 is 0 Å². The summed E-state index contributed by atoms with van der Waals surface area (Å²) in [5, 5.41) is 6.73. The molecule has 0 amide bonds. The zero-order valence-electron chi connectivity index (χ0n) is 8.86. The summed E-state index contributed by atoms with van der Waals surface area (Å²) >= 11 is 0. The fourth-order valence-electron chi connectivity index (χ4n) is 2.01. The highest BCUT2D eigenvalue weighted by Gasteiger charge is 2.13. The standard InChI is InChI=1S/C12H13N3O/c1-2-9-4-13-6-11(9)12(3-1)14-5-10-7-16-8-15-10/h1-3,7-8,13-14H,4-6H2. The molecule has 3 rings (SSSR count). The van der Waals surface area contributed by atoms with Crippen LogP contribution in [0.15, 0.2) is 35.3 Å². The van der Waals surface area contributed by atoms with E-state index in [2.05, 4.69) is 33.8 Å². The molecule has 0 bridgehead atoms. The first kappa shape index (κ1) is 9.42. The minimum atomic E-state index is 0.701. The van der Waals surface area contributed by atoms with Crippen LogP contribution in [0.1, 0.15) is 16.8 Å². The number of fused-ring (bicyclic) bond motifs is 1. The molecule has 0 fully saturated rings. The second-order valence-electron chi connectivity index (χ2n) is 3.88. The van der Waals surface area contributed by atoms with E-state index >= 15 is 0 Å². The lowest BCUT2D eigenvalue weighted by Crippen LogP contribution is -2.04. The van der Waals surface area contributed by atoms with Gasteiger partial charge in [-0.15, -0.1) is 0 Å². The van der Waals surface area contributed by atoms with Crippen LogP contribution >= 0.6 is 0 Å². The molecule has 82 valence electrons. The number of nitrogens with one attached hydrogen (secondary N) is 2. The Balaban J connectivity index is 1.78. The Morgan fingerprint density at radius 2 is 2.38 bits per heavy atom. The summed E-state index contributed by atoms with van der Waals surface area (Å²) in [6.45, 7) is 2.61. The van der Waals surface area contributed by atoms with Gasteiger partial charge in [-0.1, -0.05) is 12.1 Å². The van der Waals surface area contributed by atoms with Crippen molar-refractivity contribution in [2.45, 2.75) is 19.6 Å². The quantitative estimate of drug-likeness (QED) is 0.821. The van der Waals surface area contributed by atoms with Gasteiger partial charge in [0, 0.05) is 18.8 Å². The predicted octanol–water partition coefficient (Wildman–Crippen LogP) is 1.89. The van der Waals surface area contributed by atoms with Crippen molar-refractivity contribution in [1.82, 2.24) is 10.3 Å². The average molecular weight is 215 g/mol. The van der Waals surface area contributed by atoms with Crippen LogP contribution < -0.4 is 10.6 Å². The molecule has 2 aromatic rings. The largest absolute Gasteiger partial charge is 0.451 e. The molecule has 2 N–H and O–H groups in total. The molecular weight excluding hydrogens is 202 g/mol. The lowest BCUT2D eigenvalue weighted by atomic mass is 10.1. The molecule has 0 saturated carbocycles. The maximum Gasteiger partial charge on any atom is 0.180 e. The molecule has 0 saturated heterocycles. The van der Waals surface area contributed by atoms with Crippen molar-refractivity contribution in [3.63, 3.8) is 0 Å². The summed E-state index contributed by atoms with van der Waals surface area (Å²) in [4.78, 5) is 4.08. The van der Waals surface area contributed by atoms with Gasteiger partial charge in [0.05, 0.1) is 12.2 Å². The second kappa shape index (κ2) is 3.98. The molecule has 0 spiro atoms. The van der Waals surface area contributed by atoms with Gasteiger partial charge < -0.3 is 15.1 Å². The number of hydrogen-bond donors (Lipinski definition) is 2. The van der Waals surface area contributed by atoms with Gasteiger partial charge in [0.1, 0.15) is 6.26 Å². The van der Waals surface area contributed by atoms with E-state index in [0.717, 1.165) is 18.8 Å². The van der Waals surface area contributed by atoms with E-state index in [1.54, 1.807) is 6.26 Å². The third kappa shape index (κ3) is 1.67. The van der Waals surface area contributed by atoms with Crippen molar-refractivity contribution >= 4 is 5.69 Å². The Labute approximate surface area is 93.7 Å². The number of rotatable bonds is 3. The van der Waals surface area contributed by atoms with Crippen LogP contribution in [0.2, 0.25) is 0 Å². The fraction of sp³-hybridized carbons (Fsp3) is 0.250. The lowest BCUT2D eigenvalue weighted by molar-refractivity contribution is 0.556. The van der Waals surface area contributed by atoms with E-state index in [1.165, 1.54) is 23.2 Å². The Bertz CT molecular complexity index is 479. The predicted molar refractivity (Wildman–Crippen MR) is 60.8 cm³/mol. The first-order valence-electron chi connectivity index (χ1n) is 5.36. The van der Waals surface area contributed by atoms with Gasteiger partial charge in [0.15, 0.2) is 6.39 Å². The van der Waals surface area contributed by atoms with Gasteiger partial charge in [-0.05, 0) is 17.2 Å². The summed E-state index contributed by atoms with van der Waals surface area (Å²) in [5.41, 5.74) is 4.85. The number of oxazole rings is 1. The summed E-state index contributed by atoms with van der Waals surface area (Å²) < 4.78 is 4.93. The van der Waals surface area contributed by atoms with Gasteiger partial charge in [-0.3, -0.25) is 0 Å². The number of benzene rings is 1. The third-order valence-corrected chi connectivity index (χ3v) is 2.83. The average Bonchev–Trinajstić information content (AvgIpc) is 2.97. The summed E-state index contributed by atoms with van der Waals surface area (Å²) in [6.07, 6.45) is 3.11. The van der Waals surface area contributed by atoms with Crippen LogP contribution in [0, 0.1) is 0 Å². The van der Waals surface area contributed by atoms with Crippen LogP contribution in [0.5, 0.6) is 0 Å². The van der Waals surface area contributed by atoms with Crippen molar-refractivity contribution in [3.8, 4) is 0 Å². The molecular formula is C12H13N3O. The topological polar surface area (TPSA) is 50.1 Å². The zero-order chi connectivity index (χ0) is 10.8. The van der Waals surface area contributed by atoms with Crippen molar-refractivity contribution in [1.29, 1.82) is 0 Å². The van der Waals surface area contributed by atoms with Gasteiger partial charge in [0.25, 0.3) is 0 Å². The van der Waals surface area contributed by atoms with E-state index in [0.29, 0.717) is 6.54 Å². The number of hydrogen-bond acceptors (Lipinski definition) is 4. The smallest absolute Gasteiger partial charge is 0.180 e. The van der Waals surface area contributed by atoms with Gasteiger partial charge in [-0.2, -0.15) is 0 Å². The van der Waals surface area contributed by atoms with E-state index in [-0.39, 0.29) is 0 Å². The Morgan fingerprint density at radius 1 is 1.38 bits per heavy atom. The van der Waals surface area contributed by atoms with Crippen LogP contribution in [-0.4, -0.2) is 4.98 Å². The van der Waals surface area contributed by atoms with Crippen LogP contribution in [0.4, 0.5) is 5.69 Å². The number of nitrogens with zero attached hydrogens (tertiary/aromatic N) is 1. The maximum atomic E-state index is 4.93. The minimum Gasteiger partial charge on any atom is -0.451 e. The highest BCUT2D eigenvalue weighted by molar-refractivity contribution is 5.56. The van der Waals surface area contributed by atoms with Crippen LogP contribution in [-0.2, 0) is 19.6 Å². The van der Waals surface area contributed by atoms with Crippen molar-refractivity contribution in [2.24, 2.45) is 0 Å². The van der Waals surface area contributed by atoms with E-state index in [1.807, 2.05) is 0 Å². The zero-order valence-corrected chi connectivity index (χ0v) is 8.86. The molecule has 0 aliphatic carbocycles. The highest BCUT2D eigenvalue weighted by atomic mass is 16.3. The number of anilines is 1. The molecule has 1 aliphatic heterocycles. The summed E-state index contributed by atoms with van der Waals surface area (Å²) in [5.74, 6) is 0. The third-order valence-electron chi connectivity index (χ3n) is 2.83. The summed E-state index contributed by atoms with van der Waals surface area (Å²) in [7, 11) is 0. The Morgan fingerprint density at radius 3 is 3.25 bits per heavy atom. The lowest BCUT2D eigenvalue weighted by Gasteiger charge is -2.09. The first-order chi connectivity index (χ1) is 7.93. The van der Waals surface area contributed by atoms with Gasteiger partial charge in [-0.25, -0.2) is 4.98 Å². The monoisotopic (exact) mass is 215 g/mol. The van der Waals surface area contributed by atoms with Crippen molar-refractivity contribution < 1.29 is 4.42 Å². The molecule has 16 heavy (non-hydrogen) atoms. The van der Waals surface area contributed by atoms with Gasteiger partial charge >= 0.3 is 0 Å². The van der Waals surface area contributed by atoms with Crippen LogP contribution in [0.25, 0.3) is 0 Å². The molecule has 2 heterocycles. The highest BCUT2D eigenvalue weighted by Crippen LogP contribution is 2.24. The first-order valence-corrected chi connectivity index (χ1v) is 5.36. The second-order valence-corrected chi connectivity index (χ2v) is 3.88. The van der Waals surface area contributed by atoms with Crippen molar-refractivity contribution in [2.75, 3.05) is 5.32 Å². The molecule has 1 aliphatic rings. The number of aromatic nitrogens is 1. The normalized spacial score (nSPS) is 13.8. The van der Waals surface area contributed by atoms with Crippen LogP contribution in [0.3, 0.4) is 0 Å². The molecule has 0 radical (unpaired) electrons. The Kier molecular flexibility index (Phi) is 2.34. The van der Waals surface area contributed by atoms with E-state index in [4.69, 9.17) is 4.42 Å². The summed E-state index contributed by atoms with van der Waals surface area (Å²) in [6, 6.07) is 6.35. The fourth-order valence-corrected chi connectivity index (χ4v) is 2.01. The molecule has 1 aromatic heterocycles. The molecule has 4 nitrogen and oxygen atoms in total. The SMILES string of the molecule is c1cc2c(c(NCc3cocn3)c1)CNC2. The Hall–Kier alpha value is -1.81. The van der Waals surface area contributed by atoms with Crippen molar-refractivity contribution in [3.05, 3.63) is 47.7 Å². The minimum absolute atomic E-state index is 0.701. The molecule has 4 heteroatoms.